The Morgan fingerprint density at radius 2 is 1.53 bits per heavy atom. The minimum Gasteiger partial charge on any atom is -0.480 e. The van der Waals surface area contributed by atoms with Gasteiger partial charge in [-0.15, -0.1) is 11.6 Å². The van der Waals surface area contributed by atoms with E-state index in [1.807, 2.05) is 0 Å². The molecule has 15 heavy (non-hydrogen) atoms. The fraction of sp³-hybridized carbons (Fsp3) is 0.917. The highest BCUT2D eigenvalue weighted by Crippen LogP contribution is 2.12. The van der Waals surface area contributed by atoms with Crippen LogP contribution in [0.15, 0.2) is 0 Å². The van der Waals surface area contributed by atoms with Gasteiger partial charge < -0.3 is 5.11 Å². The van der Waals surface area contributed by atoms with Gasteiger partial charge in [0.05, 0.1) is 0 Å². The molecule has 1 N–H and O–H groups in total. The third kappa shape index (κ3) is 10.1. The number of carbonyl (C=O) groups is 1. The van der Waals surface area contributed by atoms with Gasteiger partial charge in [-0.25, -0.2) is 0 Å². The molecule has 0 spiro atoms. The molecule has 0 aromatic carbocycles. The summed E-state index contributed by atoms with van der Waals surface area (Å²) in [6, 6.07) is 0. The summed E-state index contributed by atoms with van der Waals surface area (Å²) in [5.74, 6) is -0.889. The van der Waals surface area contributed by atoms with E-state index in [1.165, 1.54) is 38.5 Å². The molecule has 0 radical (unpaired) electrons. The van der Waals surface area contributed by atoms with Crippen molar-refractivity contribution in [3.8, 4) is 0 Å². The van der Waals surface area contributed by atoms with Crippen LogP contribution in [-0.2, 0) is 4.79 Å². The molecule has 2 nitrogen and oxygen atoms in total. The van der Waals surface area contributed by atoms with Crippen molar-refractivity contribution in [3.05, 3.63) is 0 Å². The van der Waals surface area contributed by atoms with E-state index >= 15 is 0 Å². The summed E-state index contributed by atoms with van der Waals surface area (Å²) in [5, 5.41) is 7.86. The van der Waals surface area contributed by atoms with E-state index in [1.54, 1.807) is 0 Å². The number of halogens is 1. The van der Waals surface area contributed by atoms with Gasteiger partial charge in [-0.2, -0.15) is 0 Å². The average molecular weight is 235 g/mol. The summed E-state index contributed by atoms with van der Waals surface area (Å²) >= 11 is 5.60. The molecule has 0 saturated carbocycles. The van der Waals surface area contributed by atoms with Gasteiger partial charge in [-0.1, -0.05) is 58.3 Å². The maximum Gasteiger partial charge on any atom is 0.321 e. The van der Waals surface area contributed by atoms with Crippen LogP contribution >= 0.6 is 11.6 Å². The van der Waals surface area contributed by atoms with Crippen molar-refractivity contribution in [3.63, 3.8) is 0 Å². The lowest BCUT2D eigenvalue weighted by atomic mass is 10.1. The van der Waals surface area contributed by atoms with Gasteiger partial charge >= 0.3 is 5.97 Å². The Labute approximate surface area is 98.0 Å². The van der Waals surface area contributed by atoms with Crippen LogP contribution in [0, 0.1) is 0 Å². The predicted molar refractivity (Wildman–Crippen MR) is 64.5 cm³/mol. The van der Waals surface area contributed by atoms with Crippen molar-refractivity contribution >= 4 is 17.6 Å². The number of carboxylic acids is 1. The molecule has 0 bridgehead atoms. The van der Waals surface area contributed by atoms with Crippen LogP contribution in [0.5, 0.6) is 0 Å². The fourth-order valence-electron chi connectivity index (χ4n) is 1.58. The number of unbranched alkanes of at least 4 members (excludes halogenated alkanes) is 7. The molecule has 90 valence electrons. The third-order valence-electron chi connectivity index (χ3n) is 2.58. The molecular weight excluding hydrogens is 212 g/mol. The lowest BCUT2D eigenvalue weighted by molar-refractivity contribution is -0.136. The number of rotatable bonds is 10. The molecule has 3 heteroatoms. The highest BCUT2D eigenvalue weighted by molar-refractivity contribution is 6.29. The molecule has 0 unspecified atom stereocenters. The van der Waals surface area contributed by atoms with E-state index in [0.717, 1.165) is 12.8 Å². The first kappa shape index (κ1) is 14.8. The second-order valence-corrected chi connectivity index (χ2v) is 4.60. The lowest BCUT2D eigenvalue weighted by Gasteiger charge is -2.03. The van der Waals surface area contributed by atoms with Crippen LogP contribution in [0.2, 0.25) is 0 Å². The molecule has 0 amide bonds. The van der Waals surface area contributed by atoms with Crippen LogP contribution in [0.3, 0.4) is 0 Å². The van der Waals surface area contributed by atoms with Crippen LogP contribution < -0.4 is 0 Å². The summed E-state index contributed by atoms with van der Waals surface area (Å²) in [6.45, 7) is 2.21. The highest BCUT2D eigenvalue weighted by Gasteiger charge is 2.11. The molecule has 0 fully saturated rings. The quantitative estimate of drug-likeness (QED) is 0.454. The third-order valence-corrected chi connectivity index (χ3v) is 2.98. The zero-order valence-corrected chi connectivity index (χ0v) is 10.4. The molecule has 1 atom stereocenters. The van der Waals surface area contributed by atoms with Crippen molar-refractivity contribution in [2.24, 2.45) is 0 Å². The lowest BCUT2D eigenvalue weighted by Crippen LogP contribution is -2.12. The van der Waals surface area contributed by atoms with E-state index in [-0.39, 0.29) is 0 Å². The predicted octanol–water partition coefficient (Wildman–Crippen LogP) is 4.21. The van der Waals surface area contributed by atoms with E-state index in [9.17, 15) is 4.79 Å². The molecule has 0 saturated heterocycles. The smallest absolute Gasteiger partial charge is 0.321 e. The maximum atomic E-state index is 10.4. The van der Waals surface area contributed by atoms with Crippen LogP contribution in [0.1, 0.15) is 64.7 Å². The Balaban J connectivity index is 3.08. The number of carboxylic acid groups (broad SMARTS) is 1. The Bertz CT molecular complexity index is 160. The van der Waals surface area contributed by atoms with Gasteiger partial charge in [-0.3, -0.25) is 4.79 Å². The standard InChI is InChI=1S/C12H23ClO2/c1-2-3-4-5-6-7-8-9-10-11(13)12(14)15/h11H,2-10H2,1H3,(H,14,15)/t11-/m1/s1. The zero-order valence-electron chi connectivity index (χ0n) is 9.67. The van der Waals surface area contributed by atoms with Gasteiger partial charge in [0.15, 0.2) is 0 Å². The van der Waals surface area contributed by atoms with Gasteiger partial charge in [0, 0.05) is 0 Å². The van der Waals surface area contributed by atoms with Crippen LogP contribution in [0.25, 0.3) is 0 Å². The van der Waals surface area contributed by atoms with Crippen molar-refractivity contribution in [2.45, 2.75) is 70.1 Å². The summed E-state index contributed by atoms with van der Waals surface area (Å²) in [5.41, 5.74) is 0. The second-order valence-electron chi connectivity index (χ2n) is 4.07. The molecule has 0 aromatic rings. The summed E-state index contributed by atoms with van der Waals surface area (Å²) in [6.07, 6.45) is 10.4. The molecule has 0 aromatic heterocycles. The van der Waals surface area contributed by atoms with E-state index < -0.39 is 11.3 Å². The zero-order chi connectivity index (χ0) is 11.5. The molecule has 0 aliphatic rings. The maximum absolute atomic E-state index is 10.4. The normalized spacial score (nSPS) is 12.7. The minimum atomic E-state index is -0.889. The van der Waals surface area contributed by atoms with Crippen molar-refractivity contribution < 1.29 is 9.90 Å². The first-order chi connectivity index (χ1) is 7.18. The average Bonchev–Trinajstić information content (AvgIpc) is 2.21. The van der Waals surface area contributed by atoms with Gasteiger partial charge in [0.2, 0.25) is 0 Å². The van der Waals surface area contributed by atoms with Crippen molar-refractivity contribution in [1.29, 1.82) is 0 Å². The van der Waals surface area contributed by atoms with Crippen LogP contribution in [-0.4, -0.2) is 16.5 Å². The van der Waals surface area contributed by atoms with Crippen molar-refractivity contribution in [1.82, 2.24) is 0 Å². The summed E-state index contributed by atoms with van der Waals surface area (Å²) in [4.78, 5) is 10.4. The number of aliphatic carboxylic acids is 1. The molecular formula is C12H23ClO2. The largest absolute Gasteiger partial charge is 0.480 e. The van der Waals surface area contributed by atoms with E-state index in [2.05, 4.69) is 6.92 Å². The minimum absolute atomic E-state index is 0.603. The topological polar surface area (TPSA) is 37.3 Å². The Morgan fingerprint density at radius 1 is 1.07 bits per heavy atom. The second kappa shape index (κ2) is 10.3. The summed E-state index contributed by atoms with van der Waals surface area (Å²) < 4.78 is 0. The van der Waals surface area contributed by atoms with Crippen molar-refractivity contribution in [2.75, 3.05) is 0 Å². The number of alkyl halides is 1. The number of hydrogen-bond donors (Lipinski definition) is 1. The Hall–Kier alpha value is -0.240. The Morgan fingerprint density at radius 3 is 2.00 bits per heavy atom. The monoisotopic (exact) mass is 234 g/mol. The fourth-order valence-corrected chi connectivity index (χ4v) is 1.74. The summed E-state index contributed by atoms with van der Waals surface area (Å²) in [7, 11) is 0. The molecule has 0 aliphatic heterocycles. The highest BCUT2D eigenvalue weighted by atomic mass is 35.5. The first-order valence-corrected chi connectivity index (χ1v) is 6.49. The van der Waals surface area contributed by atoms with E-state index in [0.29, 0.717) is 6.42 Å². The van der Waals surface area contributed by atoms with Gasteiger partial charge in [0.1, 0.15) is 5.38 Å². The molecule has 0 aliphatic carbocycles. The van der Waals surface area contributed by atoms with E-state index in [4.69, 9.17) is 16.7 Å². The Kier molecular flexibility index (Phi) is 10.1. The molecule has 0 heterocycles. The van der Waals surface area contributed by atoms with Gasteiger partial charge in [-0.05, 0) is 6.42 Å². The van der Waals surface area contributed by atoms with Gasteiger partial charge in [0.25, 0.3) is 0 Å². The van der Waals surface area contributed by atoms with Crippen LogP contribution in [0.4, 0.5) is 0 Å². The first-order valence-electron chi connectivity index (χ1n) is 6.05. The number of hydrogen-bond acceptors (Lipinski definition) is 1. The molecule has 0 rings (SSSR count). The SMILES string of the molecule is CCCCCCCCCC[C@@H](Cl)C(=O)O.